The summed E-state index contributed by atoms with van der Waals surface area (Å²) >= 11 is 0. The van der Waals surface area contributed by atoms with Gasteiger partial charge in [0.1, 0.15) is 5.75 Å². The molecule has 2 rings (SSSR count). The van der Waals surface area contributed by atoms with Crippen LogP contribution in [0.5, 0.6) is 5.75 Å². The third-order valence-electron chi connectivity index (χ3n) is 3.67. The second kappa shape index (κ2) is 6.70. The van der Waals surface area contributed by atoms with E-state index in [1.165, 1.54) is 0 Å². The highest BCUT2D eigenvalue weighted by Gasteiger charge is 2.17. The average Bonchev–Trinajstić information content (AvgIpc) is 2.66. The second-order valence-corrected chi connectivity index (χ2v) is 5.74. The van der Waals surface area contributed by atoms with Crippen LogP contribution in [0.3, 0.4) is 0 Å². The van der Waals surface area contributed by atoms with Crippen LogP contribution in [0.4, 0.5) is 11.4 Å². The number of hydrogen-bond donors (Lipinski definition) is 1. The molecule has 5 nitrogen and oxygen atoms in total. The van der Waals surface area contributed by atoms with Gasteiger partial charge in [0.15, 0.2) is 0 Å². The van der Waals surface area contributed by atoms with Gasteiger partial charge in [-0.05, 0) is 32.4 Å². The van der Waals surface area contributed by atoms with E-state index in [4.69, 9.17) is 10.5 Å². The van der Waals surface area contributed by atoms with Crippen LogP contribution in [0.1, 0.15) is 27.2 Å². The van der Waals surface area contributed by atoms with Crippen LogP contribution in [0.15, 0.2) is 18.2 Å². The van der Waals surface area contributed by atoms with Gasteiger partial charge in [0, 0.05) is 44.9 Å². The molecule has 0 aliphatic carbocycles. The highest BCUT2D eigenvalue weighted by atomic mass is 16.5. The van der Waals surface area contributed by atoms with Gasteiger partial charge in [0.25, 0.3) is 0 Å². The molecule has 1 aromatic rings. The lowest BCUT2D eigenvalue weighted by molar-refractivity contribution is -0.128. The van der Waals surface area contributed by atoms with Crippen molar-refractivity contribution in [2.24, 2.45) is 0 Å². The molecule has 1 saturated heterocycles. The van der Waals surface area contributed by atoms with E-state index in [2.05, 4.69) is 4.90 Å². The minimum atomic E-state index is 0.0971. The number of nitrogens with zero attached hydrogens (tertiary/aromatic N) is 2. The first-order valence-electron chi connectivity index (χ1n) is 7.54. The second-order valence-electron chi connectivity index (χ2n) is 5.74. The molecule has 5 heteroatoms. The standard InChI is InChI=1S/C16H25N3O2/c1-12(2)21-16-11-14(5-6-15(16)17)19-8-4-7-18(9-10-19)13(3)20/h5-6,11-12H,4,7-10,17H2,1-3H3. The van der Waals surface area contributed by atoms with Crippen molar-refractivity contribution in [2.75, 3.05) is 36.8 Å². The van der Waals surface area contributed by atoms with E-state index in [0.29, 0.717) is 5.69 Å². The Bertz CT molecular complexity index is 502. The van der Waals surface area contributed by atoms with Crippen LogP contribution in [0.2, 0.25) is 0 Å². The number of nitrogen functional groups attached to an aromatic ring is 1. The van der Waals surface area contributed by atoms with Crippen LogP contribution in [-0.4, -0.2) is 43.1 Å². The number of carbonyl (C=O) groups is 1. The van der Waals surface area contributed by atoms with Gasteiger partial charge in [-0.3, -0.25) is 4.79 Å². The Hall–Kier alpha value is -1.91. The van der Waals surface area contributed by atoms with Crippen LogP contribution in [0, 0.1) is 0 Å². The minimum Gasteiger partial charge on any atom is -0.489 e. The van der Waals surface area contributed by atoms with Gasteiger partial charge in [-0.25, -0.2) is 0 Å². The molecular weight excluding hydrogens is 266 g/mol. The van der Waals surface area contributed by atoms with Crippen molar-refractivity contribution in [3.8, 4) is 5.75 Å². The van der Waals surface area contributed by atoms with E-state index >= 15 is 0 Å². The monoisotopic (exact) mass is 291 g/mol. The number of ether oxygens (including phenoxy) is 1. The lowest BCUT2D eigenvalue weighted by atomic mass is 10.2. The van der Waals surface area contributed by atoms with E-state index in [1.54, 1.807) is 6.92 Å². The summed E-state index contributed by atoms with van der Waals surface area (Å²) in [6.07, 6.45) is 1.07. The van der Waals surface area contributed by atoms with Crippen molar-refractivity contribution < 1.29 is 9.53 Å². The lowest BCUT2D eigenvalue weighted by Crippen LogP contribution is -2.33. The molecule has 116 valence electrons. The zero-order valence-corrected chi connectivity index (χ0v) is 13.1. The molecule has 0 unspecified atom stereocenters. The molecule has 0 bridgehead atoms. The maximum Gasteiger partial charge on any atom is 0.219 e. The third kappa shape index (κ3) is 4.03. The van der Waals surface area contributed by atoms with Crippen molar-refractivity contribution in [2.45, 2.75) is 33.3 Å². The fourth-order valence-electron chi connectivity index (χ4n) is 2.57. The van der Waals surface area contributed by atoms with Crippen molar-refractivity contribution in [1.29, 1.82) is 0 Å². The van der Waals surface area contributed by atoms with E-state index < -0.39 is 0 Å². The van der Waals surface area contributed by atoms with E-state index in [-0.39, 0.29) is 12.0 Å². The highest BCUT2D eigenvalue weighted by Crippen LogP contribution is 2.29. The van der Waals surface area contributed by atoms with E-state index in [1.807, 2.05) is 36.9 Å². The molecule has 1 amide bonds. The molecular formula is C16H25N3O2. The van der Waals surface area contributed by atoms with Gasteiger partial charge in [-0.15, -0.1) is 0 Å². The number of rotatable bonds is 3. The summed E-state index contributed by atoms with van der Waals surface area (Å²) in [4.78, 5) is 15.7. The number of carbonyl (C=O) groups excluding carboxylic acids is 1. The highest BCUT2D eigenvalue weighted by molar-refractivity contribution is 5.73. The Labute approximate surface area is 126 Å². The molecule has 0 radical (unpaired) electrons. The van der Waals surface area contributed by atoms with Crippen LogP contribution in [-0.2, 0) is 4.79 Å². The maximum absolute atomic E-state index is 11.5. The first-order chi connectivity index (χ1) is 9.97. The van der Waals surface area contributed by atoms with Crippen molar-refractivity contribution >= 4 is 17.3 Å². The van der Waals surface area contributed by atoms with Crippen LogP contribution < -0.4 is 15.4 Å². The van der Waals surface area contributed by atoms with Crippen molar-refractivity contribution in [1.82, 2.24) is 4.90 Å². The molecule has 0 spiro atoms. The van der Waals surface area contributed by atoms with Crippen LogP contribution in [0.25, 0.3) is 0 Å². The molecule has 2 N–H and O–H groups in total. The molecule has 1 fully saturated rings. The van der Waals surface area contributed by atoms with Gasteiger partial charge in [0.05, 0.1) is 11.8 Å². The summed E-state index contributed by atoms with van der Waals surface area (Å²) in [6.45, 7) is 8.98. The van der Waals surface area contributed by atoms with Gasteiger partial charge < -0.3 is 20.3 Å². The largest absolute Gasteiger partial charge is 0.489 e. The summed E-state index contributed by atoms with van der Waals surface area (Å²) in [5.74, 6) is 0.883. The average molecular weight is 291 g/mol. The summed E-state index contributed by atoms with van der Waals surface area (Å²) in [7, 11) is 0. The van der Waals surface area contributed by atoms with E-state index in [0.717, 1.165) is 44.0 Å². The van der Waals surface area contributed by atoms with Gasteiger partial charge in [-0.2, -0.15) is 0 Å². The first kappa shape index (κ1) is 15.5. The zero-order chi connectivity index (χ0) is 15.4. The van der Waals surface area contributed by atoms with Gasteiger partial charge in [0.2, 0.25) is 5.91 Å². The fraction of sp³-hybridized carbons (Fsp3) is 0.562. The number of anilines is 2. The molecule has 1 aliphatic heterocycles. The zero-order valence-electron chi connectivity index (χ0n) is 13.1. The first-order valence-corrected chi connectivity index (χ1v) is 7.54. The number of benzene rings is 1. The molecule has 1 aromatic carbocycles. The third-order valence-corrected chi connectivity index (χ3v) is 3.67. The Morgan fingerprint density at radius 2 is 2.00 bits per heavy atom. The summed E-state index contributed by atoms with van der Waals surface area (Å²) in [5.41, 5.74) is 7.73. The maximum atomic E-state index is 11.5. The molecule has 0 atom stereocenters. The van der Waals surface area contributed by atoms with E-state index in [9.17, 15) is 4.79 Å². The topological polar surface area (TPSA) is 58.8 Å². The quantitative estimate of drug-likeness (QED) is 0.867. The summed E-state index contributed by atoms with van der Waals surface area (Å²) < 4.78 is 5.75. The number of amides is 1. The molecule has 1 aliphatic rings. The number of hydrogen-bond acceptors (Lipinski definition) is 4. The molecule has 21 heavy (non-hydrogen) atoms. The SMILES string of the molecule is CC(=O)N1CCCN(c2ccc(N)c(OC(C)C)c2)CC1. The van der Waals surface area contributed by atoms with Gasteiger partial charge >= 0.3 is 0 Å². The smallest absolute Gasteiger partial charge is 0.219 e. The summed E-state index contributed by atoms with van der Waals surface area (Å²) in [6, 6.07) is 5.91. The van der Waals surface area contributed by atoms with Gasteiger partial charge in [-0.1, -0.05) is 0 Å². The predicted molar refractivity (Wildman–Crippen MR) is 85.7 cm³/mol. The molecule has 0 saturated carbocycles. The fourth-order valence-corrected chi connectivity index (χ4v) is 2.57. The Balaban J connectivity index is 2.12. The minimum absolute atomic E-state index is 0.0971. The lowest BCUT2D eigenvalue weighted by Gasteiger charge is -2.24. The Morgan fingerprint density at radius 1 is 1.24 bits per heavy atom. The molecule has 1 heterocycles. The Kier molecular flexibility index (Phi) is 4.94. The summed E-state index contributed by atoms with van der Waals surface area (Å²) in [5, 5.41) is 0. The number of nitrogens with two attached hydrogens (primary N) is 1. The normalized spacial score (nSPS) is 16.0. The van der Waals surface area contributed by atoms with Crippen molar-refractivity contribution in [3.63, 3.8) is 0 Å². The molecule has 0 aromatic heterocycles. The van der Waals surface area contributed by atoms with Crippen molar-refractivity contribution in [3.05, 3.63) is 18.2 Å². The predicted octanol–water partition coefficient (Wildman–Crippen LogP) is 2.11. The van der Waals surface area contributed by atoms with Crippen LogP contribution >= 0.6 is 0 Å². The Morgan fingerprint density at radius 3 is 2.67 bits per heavy atom.